The predicted molar refractivity (Wildman–Crippen MR) is 99.9 cm³/mol. The number of hydrogen-bond acceptors (Lipinski definition) is 6. The highest BCUT2D eigenvalue weighted by molar-refractivity contribution is 7.15. The number of nitrogens with zero attached hydrogens (tertiary/aromatic N) is 3. The van der Waals surface area contributed by atoms with Crippen LogP contribution in [0.15, 0.2) is 53.5 Å². The highest BCUT2D eigenvalue weighted by atomic mass is 32.1. The summed E-state index contributed by atoms with van der Waals surface area (Å²) in [6, 6.07) is 5.10. The van der Waals surface area contributed by atoms with Gasteiger partial charge >= 0.3 is 0 Å². The molecule has 3 heterocycles. The van der Waals surface area contributed by atoms with Gasteiger partial charge in [-0.2, -0.15) is 0 Å². The molecule has 3 aromatic heterocycles. The number of carbonyl (C=O) groups is 1. The quantitative estimate of drug-likeness (QED) is 0.539. The number of aromatic nitrogens is 3. The van der Waals surface area contributed by atoms with E-state index in [1.807, 2.05) is 13.0 Å². The van der Waals surface area contributed by atoms with Gasteiger partial charge in [-0.05, 0) is 25.1 Å². The maximum atomic E-state index is 13.7. The maximum absolute atomic E-state index is 13.7. The number of oxazole rings is 1. The normalized spacial score (nSPS) is 10.8. The lowest BCUT2D eigenvalue weighted by Crippen LogP contribution is -2.16. The third-order valence-corrected chi connectivity index (χ3v) is 4.96. The van der Waals surface area contributed by atoms with Gasteiger partial charge in [0, 0.05) is 10.4 Å². The van der Waals surface area contributed by atoms with E-state index >= 15 is 0 Å². The number of anilines is 1. The van der Waals surface area contributed by atoms with E-state index in [-0.39, 0.29) is 5.82 Å². The first kappa shape index (κ1) is 17.9. The lowest BCUT2D eigenvalue weighted by Gasteiger charge is -2.07. The average molecular weight is 398 g/mol. The van der Waals surface area contributed by atoms with Gasteiger partial charge in [-0.1, -0.05) is 6.07 Å². The molecule has 28 heavy (non-hydrogen) atoms. The third kappa shape index (κ3) is 3.39. The molecular formula is C19H12F2N4O2S. The van der Waals surface area contributed by atoms with Crippen molar-refractivity contribution in [3.8, 4) is 22.0 Å². The number of thiophene rings is 1. The van der Waals surface area contributed by atoms with E-state index in [4.69, 9.17) is 4.42 Å². The van der Waals surface area contributed by atoms with Crippen molar-refractivity contribution < 1.29 is 18.0 Å². The maximum Gasteiger partial charge on any atom is 0.262 e. The monoisotopic (exact) mass is 398 g/mol. The first-order valence-electron chi connectivity index (χ1n) is 8.11. The minimum atomic E-state index is -0.949. The van der Waals surface area contributed by atoms with Gasteiger partial charge in [-0.15, -0.1) is 11.3 Å². The van der Waals surface area contributed by atoms with E-state index in [0.29, 0.717) is 11.6 Å². The van der Waals surface area contributed by atoms with Crippen molar-refractivity contribution >= 4 is 23.1 Å². The van der Waals surface area contributed by atoms with E-state index in [9.17, 15) is 13.6 Å². The Morgan fingerprint density at radius 1 is 1.14 bits per heavy atom. The molecule has 0 spiro atoms. The van der Waals surface area contributed by atoms with Crippen molar-refractivity contribution in [1.82, 2.24) is 15.0 Å². The molecule has 4 aromatic rings. The van der Waals surface area contributed by atoms with Crippen LogP contribution < -0.4 is 5.32 Å². The van der Waals surface area contributed by atoms with E-state index in [1.165, 1.54) is 36.1 Å². The van der Waals surface area contributed by atoms with Gasteiger partial charge < -0.3 is 9.73 Å². The van der Waals surface area contributed by atoms with Gasteiger partial charge in [0.2, 0.25) is 5.89 Å². The highest BCUT2D eigenvalue weighted by Gasteiger charge is 2.18. The number of hydrogen-bond donors (Lipinski definition) is 1. The van der Waals surface area contributed by atoms with Gasteiger partial charge in [0.25, 0.3) is 5.91 Å². The molecule has 4 rings (SSSR count). The Bertz CT molecular complexity index is 1120. The molecule has 6 nitrogen and oxygen atoms in total. The summed E-state index contributed by atoms with van der Waals surface area (Å²) in [6.45, 7) is 1.94. The number of halogens is 2. The van der Waals surface area contributed by atoms with Crippen LogP contribution in [0, 0.1) is 18.6 Å². The summed E-state index contributed by atoms with van der Waals surface area (Å²) in [5.41, 5.74) is 0.767. The Morgan fingerprint density at radius 3 is 2.57 bits per heavy atom. The van der Waals surface area contributed by atoms with Crippen LogP contribution in [0.4, 0.5) is 14.6 Å². The minimum absolute atomic E-state index is 0.0808. The summed E-state index contributed by atoms with van der Waals surface area (Å²) < 4.78 is 32.7. The first-order chi connectivity index (χ1) is 13.5. The summed E-state index contributed by atoms with van der Waals surface area (Å²) in [4.78, 5) is 26.5. The van der Waals surface area contributed by atoms with E-state index in [0.717, 1.165) is 27.5 Å². The Morgan fingerprint density at radius 2 is 1.93 bits per heavy atom. The van der Waals surface area contributed by atoms with Crippen molar-refractivity contribution in [2.24, 2.45) is 0 Å². The Labute approximate surface area is 161 Å². The molecule has 0 aliphatic rings. The Kier molecular flexibility index (Phi) is 4.66. The molecule has 0 radical (unpaired) electrons. The van der Waals surface area contributed by atoms with Gasteiger partial charge in [-0.25, -0.2) is 18.7 Å². The lowest BCUT2D eigenvalue weighted by molar-refractivity contribution is 0.101. The van der Waals surface area contributed by atoms with E-state index in [1.54, 1.807) is 6.20 Å². The van der Waals surface area contributed by atoms with E-state index < -0.39 is 23.1 Å². The molecule has 1 amide bonds. The predicted octanol–water partition coefficient (Wildman–Crippen LogP) is 4.70. The van der Waals surface area contributed by atoms with Crippen molar-refractivity contribution in [2.45, 2.75) is 6.92 Å². The summed E-state index contributed by atoms with van der Waals surface area (Å²) in [5, 5.41) is 2.35. The average Bonchev–Trinajstić information content (AvgIpc) is 3.32. The topological polar surface area (TPSA) is 80.9 Å². The van der Waals surface area contributed by atoms with Crippen LogP contribution in [0.5, 0.6) is 0 Å². The van der Waals surface area contributed by atoms with Crippen molar-refractivity contribution in [3.63, 3.8) is 0 Å². The molecule has 0 fully saturated rings. The Hall–Kier alpha value is -3.46. The summed E-state index contributed by atoms with van der Waals surface area (Å²) >= 11 is 1.51. The van der Waals surface area contributed by atoms with Gasteiger partial charge in [-0.3, -0.25) is 9.78 Å². The van der Waals surface area contributed by atoms with Crippen molar-refractivity contribution in [1.29, 1.82) is 0 Å². The number of amides is 1. The molecule has 0 atom stereocenters. The summed E-state index contributed by atoms with van der Waals surface area (Å²) in [5.74, 6) is -2.24. The zero-order chi connectivity index (χ0) is 19.7. The zero-order valence-corrected chi connectivity index (χ0v) is 15.3. The van der Waals surface area contributed by atoms with Crippen molar-refractivity contribution in [2.75, 3.05) is 5.32 Å². The number of aryl methyl sites for hydroxylation is 1. The lowest BCUT2D eigenvalue weighted by atomic mass is 10.2. The van der Waals surface area contributed by atoms with Crippen LogP contribution in [-0.4, -0.2) is 20.9 Å². The molecule has 0 saturated heterocycles. The van der Waals surface area contributed by atoms with Crippen molar-refractivity contribution in [3.05, 3.63) is 71.2 Å². The molecule has 0 bridgehead atoms. The second-order valence-electron chi connectivity index (χ2n) is 5.76. The van der Waals surface area contributed by atoms with Crippen LogP contribution in [0.25, 0.3) is 22.0 Å². The SMILES string of the molecule is Cc1sc(-c2ncco2)cc1-c1cnc(NC(=O)c2c(F)cccc2F)cn1. The molecule has 1 N–H and O–H groups in total. The second kappa shape index (κ2) is 7.28. The van der Waals surface area contributed by atoms with Crippen LogP contribution in [-0.2, 0) is 0 Å². The fourth-order valence-electron chi connectivity index (χ4n) is 2.61. The molecule has 0 aliphatic carbocycles. The molecule has 9 heteroatoms. The highest BCUT2D eigenvalue weighted by Crippen LogP contribution is 2.35. The first-order valence-corrected chi connectivity index (χ1v) is 8.92. The van der Waals surface area contributed by atoms with Crippen LogP contribution >= 0.6 is 11.3 Å². The largest absolute Gasteiger partial charge is 0.444 e. The summed E-state index contributed by atoms with van der Waals surface area (Å²) in [7, 11) is 0. The molecule has 0 unspecified atom stereocenters. The van der Waals surface area contributed by atoms with Crippen LogP contribution in [0.3, 0.4) is 0 Å². The van der Waals surface area contributed by atoms with Gasteiger partial charge in [0.1, 0.15) is 23.5 Å². The molecular weight excluding hydrogens is 386 g/mol. The fourth-order valence-corrected chi connectivity index (χ4v) is 3.58. The number of nitrogens with one attached hydrogen (secondary N) is 1. The summed E-state index contributed by atoms with van der Waals surface area (Å²) in [6.07, 6.45) is 5.87. The standard InChI is InChI=1S/C19H12F2N4O2S/c1-10-11(7-15(28-10)19-22-5-6-27-19)14-8-24-16(9-23-14)25-18(26)17-12(20)3-2-4-13(17)21/h2-9H,1H3,(H,24,25,26). The number of benzene rings is 1. The molecule has 0 aliphatic heterocycles. The number of carbonyl (C=O) groups excluding carboxylic acids is 1. The van der Waals surface area contributed by atoms with Gasteiger partial charge in [0.15, 0.2) is 5.82 Å². The van der Waals surface area contributed by atoms with E-state index in [2.05, 4.69) is 20.3 Å². The molecule has 140 valence electrons. The molecule has 0 saturated carbocycles. The number of rotatable bonds is 4. The Balaban J connectivity index is 1.56. The molecule has 1 aromatic carbocycles. The smallest absolute Gasteiger partial charge is 0.262 e. The van der Waals surface area contributed by atoms with Crippen LogP contribution in [0.1, 0.15) is 15.2 Å². The minimum Gasteiger partial charge on any atom is -0.444 e. The third-order valence-electron chi connectivity index (χ3n) is 3.92. The van der Waals surface area contributed by atoms with Gasteiger partial charge in [0.05, 0.1) is 29.2 Å². The van der Waals surface area contributed by atoms with Crippen LogP contribution in [0.2, 0.25) is 0 Å². The zero-order valence-electron chi connectivity index (χ0n) is 14.4. The second-order valence-corrected chi connectivity index (χ2v) is 7.01. The fraction of sp³-hybridized carbons (Fsp3) is 0.0526.